The standard InChI is InChI=1S/C19H21ClFN5O2S/c1-29(27,28)14-4-5-17-18(8-14)26(10-13-3-2-12(20)9-23-13)19(24-17)25-7-6-15(21)16(22)11-25/h2-5,8-9,15-16H,6-7,10-11,22H2,1H3/t15-,16-/m1/s1. The molecule has 29 heavy (non-hydrogen) atoms. The van der Waals surface area contributed by atoms with Crippen molar-refractivity contribution in [3.63, 3.8) is 0 Å². The van der Waals surface area contributed by atoms with Crippen LogP contribution in [0.3, 0.4) is 0 Å². The number of sulfone groups is 1. The maximum absolute atomic E-state index is 13.9. The van der Waals surface area contributed by atoms with E-state index in [-0.39, 0.29) is 4.90 Å². The first-order chi connectivity index (χ1) is 13.7. The maximum Gasteiger partial charge on any atom is 0.206 e. The number of hydrogen-bond donors (Lipinski definition) is 1. The Morgan fingerprint density at radius 1 is 1.31 bits per heavy atom. The van der Waals surface area contributed by atoms with Crippen molar-refractivity contribution < 1.29 is 12.8 Å². The Kier molecular flexibility index (Phi) is 5.22. The molecule has 1 saturated heterocycles. The number of anilines is 1. The third-order valence-corrected chi connectivity index (χ3v) is 6.42. The van der Waals surface area contributed by atoms with Crippen molar-refractivity contribution in [3.05, 3.63) is 47.2 Å². The van der Waals surface area contributed by atoms with Crippen molar-refractivity contribution in [1.82, 2.24) is 14.5 Å². The molecule has 0 saturated carbocycles. The minimum atomic E-state index is -3.38. The third-order valence-electron chi connectivity index (χ3n) is 5.09. The summed E-state index contributed by atoms with van der Waals surface area (Å²) in [6.45, 7) is 1.17. The van der Waals surface area contributed by atoms with Gasteiger partial charge < -0.3 is 15.2 Å². The highest BCUT2D eigenvalue weighted by Gasteiger charge is 2.29. The summed E-state index contributed by atoms with van der Waals surface area (Å²) in [5.74, 6) is 0.616. The van der Waals surface area contributed by atoms with Crippen molar-refractivity contribution in [2.24, 2.45) is 5.73 Å². The molecule has 0 bridgehead atoms. The molecule has 0 spiro atoms. The second-order valence-electron chi connectivity index (χ2n) is 7.30. The van der Waals surface area contributed by atoms with Crippen molar-refractivity contribution in [1.29, 1.82) is 0 Å². The van der Waals surface area contributed by atoms with Gasteiger partial charge in [0.25, 0.3) is 0 Å². The lowest BCUT2D eigenvalue weighted by atomic mass is 10.1. The van der Waals surface area contributed by atoms with Crippen LogP contribution >= 0.6 is 11.6 Å². The van der Waals surface area contributed by atoms with Gasteiger partial charge in [-0.15, -0.1) is 0 Å². The van der Waals surface area contributed by atoms with E-state index in [1.807, 2.05) is 9.47 Å². The molecular weight excluding hydrogens is 417 g/mol. The number of pyridine rings is 1. The van der Waals surface area contributed by atoms with Crippen molar-refractivity contribution in [2.75, 3.05) is 24.2 Å². The zero-order valence-corrected chi connectivity index (χ0v) is 17.4. The molecular formula is C19H21ClFN5O2S. The van der Waals surface area contributed by atoms with E-state index in [0.29, 0.717) is 48.1 Å². The summed E-state index contributed by atoms with van der Waals surface area (Å²) in [5, 5.41) is 0.528. The molecule has 0 amide bonds. The Labute approximate surface area is 173 Å². The SMILES string of the molecule is CS(=O)(=O)c1ccc2nc(N3CC[C@@H](F)[C@H](N)C3)n(Cc3ccc(Cl)cn3)c2c1. The highest BCUT2D eigenvalue weighted by Crippen LogP contribution is 2.28. The molecule has 154 valence electrons. The number of rotatable bonds is 4. The van der Waals surface area contributed by atoms with E-state index in [2.05, 4.69) is 4.98 Å². The zero-order valence-electron chi connectivity index (χ0n) is 15.8. The summed E-state index contributed by atoms with van der Waals surface area (Å²) >= 11 is 5.94. The molecule has 0 aliphatic carbocycles. The fraction of sp³-hybridized carbons (Fsp3) is 0.368. The Balaban J connectivity index is 1.83. The fourth-order valence-electron chi connectivity index (χ4n) is 3.51. The molecule has 7 nitrogen and oxygen atoms in total. The largest absolute Gasteiger partial charge is 0.340 e. The smallest absolute Gasteiger partial charge is 0.206 e. The first kappa shape index (κ1) is 20.1. The molecule has 1 aliphatic heterocycles. The molecule has 3 heterocycles. The van der Waals surface area contributed by atoms with E-state index in [0.717, 1.165) is 5.69 Å². The molecule has 0 unspecified atom stereocenters. The molecule has 1 aromatic carbocycles. The second kappa shape index (κ2) is 7.55. The van der Waals surface area contributed by atoms with Crippen LogP contribution in [0.4, 0.5) is 10.3 Å². The monoisotopic (exact) mass is 437 g/mol. The Hall–Kier alpha value is -2.23. The Bertz CT molecular complexity index is 1150. The molecule has 2 aromatic heterocycles. The van der Waals surface area contributed by atoms with Gasteiger partial charge in [0, 0.05) is 25.5 Å². The van der Waals surface area contributed by atoms with E-state index >= 15 is 0 Å². The van der Waals surface area contributed by atoms with Gasteiger partial charge in [-0.3, -0.25) is 4.98 Å². The number of alkyl halides is 1. The third kappa shape index (κ3) is 4.08. The number of halogens is 2. The van der Waals surface area contributed by atoms with Gasteiger partial charge >= 0.3 is 0 Å². The quantitative estimate of drug-likeness (QED) is 0.673. The van der Waals surface area contributed by atoms with E-state index in [9.17, 15) is 12.8 Å². The summed E-state index contributed by atoms with van der Waals surface area (Å²) in [6, 6.07) is 7.78. The molecule has 10 heteroatoms. The van der Waals surface area contributed by atoms with Crippen LogP contribution in [0.25, 0.3) is 11.0 Å². The fourth-order valence-corrected chi connectivity index (χ4v) is 4.27. The number of aromatic nitrogens is 3. The zero-order chi connectivity index (χ0) is 20.8. The molecule has 1 aliphatic rings. The molecule has 1 fully saturated rings. The Morgan fingerprint density at radius 3 is 2.76 bits per heavy atom. The topological polar surface area (TPSA) is 94.1 Å². The lowest BCUT2D eigenvalue weighted by Crippen LogP contribution is -2.50. The number of piperidine rings is 1. The van der Waals surface area contributed by atoms with Gasteiger partial charge in [0.2, 0.25) is 5.95 Å². The van der Waals surface area contributed by atoms with E-state index < -0.39 is 22.1 Å². The number of hydrogen-bond acceptors (Lipinski definition) is 6. The Morgan fingerprint density at radius 2 is 2.10 bits per heavy atom. The summed E-state index contributed by atoms with van der Waals surface area (Å²) in [6.07, 6.45) is 2.00. The molecule has 2 N–H and O–H groups in total. The van der Waals surface area contributed by atoms with Crippen molar-refractivity contribution >= 4 is 38.4 Å². The summed E-state index contributed by atoms with van der Waals surface area (Å²) in [7, 11) is -3.38. The average molecular weight is 438 g/mol. The number of fused-ring (bicyclic) bond motifs is 1. The van der Waals surface area contributed by atoms with Gasteiger partial charge in [-0.1, -0.05) is 11.6 Å². The first-order valence-corrected chi connectivity index (χ1v) is 11.4. The molecule has 4 rings (SSSR count). The minimum absolute atomic E-state index is 0.209. The van der Waals surface area contributed by atoms with Gasteiger partial charge in [-0.25, -0.2) is 17.8 Å². The van der Waals surface area contributed by atoms with Gasteiger partial charge in [0.05, 0.1) is 39.2 Å². The predicted octanol–water partition coefficient (Wildman–Crippen LogP) is 2.41. The van der Waals surface area contributed by atoms with Crippen LogP contribution in [0.1, 0.15) is 12.1 Å². The lowest BCUT2D eigenvalue weighted by molar-refractivity contribution is 0.243. The summed E-state index contributed by atoms with van der Waals surface area (Å²) in [4.78, 5) is 11.2. The summed E-state index contributed by atoms with van der Waals surface area (Å²) < 4.78 is 39.9. The van der Waals surface area contributed by atoms with Gasteiger partial charge in [-0.05, 0) is 36.8 Å². The molecule has 2 atom stereocenters. The lowest BCUT2D eigenvalue weighted by Gasteiger charge is -2.34. The predicted molar refractivity (Wildman–Crippen MR) is 111 cm³/mol. The van der Waals surface area contributed by atoms with Crippen LogP contribution in [-0.2, 0) is 16.4 Å². The van der Waals surface area contributed by atoms with Crippen LogP contribution < -0.4 is 10.6 Å². The van der Waals surface area contributed by atoms with Crippen LogP contribution in [0, 0.1) is 0 Å². The van der Waals surface area contributed by atoms with Crippen molar-refractivity contribution in [2.45, 2.75) is 30.1 Å². The highest BCUT2D eigenvalue weighted by molar-refractivity contribution is 7.90. The van der Waals surface area contributed by atoms with Gasteiger partial charge in [0.1, 0.15) is 6.17 Å². The number of benzene rings is 1. The van der Waals surface area contributed by atoms with Crippen molar-refractivity contribution in [3.8, 4) is 0 Å². The summed E-state index contributed by atoms with van der Waals surface area (Å²) in [5.41, 5.74) is 7.99. The normalized spacial score (nSPS) is 20.3. The minimum Gasteiger partial charge on any atom is -0.340 e. The van der Waals surface area contributed by atoms with E-state index in [1.165, 1.54) is 6.26 Å². The average Bonchev–Trinajstić information content (AvgIpc) is 3.03. The first-order valence-electron chi connectivity index (χ1n) is 9.18. The van der Waals surface area contributed by atoms with E-state index in [1.54, 1.807) is 36.5 Å². The number of nitrogens with two attached hydrogens (primary N) is 1. The van der Waals surface area contributed by atoms with Crippen LogP contribution in [-0.4, -0.2) is 54.5 Å². The van der Waals surface area contributed by atoms with Gasteiger partial charge in [0.15, 0.2) is 9.84 Å². The van der Waals surface area contributed by atoms with Crippen LogP contribution in [0.2, 0.25) is 5.02 Å². The molecule has 3 aromatic rings. The van der Waals surface area contributed by atoms with Crippen LogP contribution in [0.15, 0.2) is 41.4 Å². The second-order valence-corrected chi connectivity index (χ2v) is 9.76. The molecule has 0 radical (unpaired) electrons. The highest BCUT2D eigenvalue weighted by atomic mass is 35.5. The number of nitrogens with zero attached hydrogens (tertiary/aromatic N) is 4. The van der Waals surface area contributed by atoms with Crippen LogP contribution in [0.5, 0.6) is 0 Å². The van der Waals surface area contributed by atoms with Gasteiger partial charge in [-0.2, -0.15) is 0 Å². The van der Waals surface area contributed by atoms with E-state index in [4.69, 9.17) is 22.3 Å². The number of imidazole rings is 1. The maximum atomic E-state index is 13.9.